The van der Waals surface area contributed by atoms with Crippen molar-refractivity contribution in [3.05, 3.63) is 35.4 Å². The molecule has 29 heavy (non-hydrogen) atoms. The second-order valence-electron chi connectivity index (χ2n) is 10.7. The van der Waals surface area contributed by atoms with Gasteiger partial charge in [-0.05, 0) is 80.8 Å². The number of nitrogens with one attached hydrogen (secondary N) is 1. The number of hydrogen-bond donors (Lipinski definition) is 1. The summed E-state index contributed by atoms with van der Waals surface area (Å²) in [7, 11) is 0. The lowest BCUT2D eigenvalue weighted by atomic mass is 9.53. The number of fused-ring (bicyclic) bond motifs is 1. The molecule has 5 fully saturated rings. The zero-order valence-electron chi connectivity index (χ0n) is 17.2. The molecular formula is C25H32N2O2. The van der Waals surface area contributed by atoms with Crippen molar-refractivity contribution in [3.63, 3.8) is 0 Å². The molecule has 4 nitrogen and oxygen atoms in total. The average molecular weight is 393 g/mol. The smallest absolute Gasteiger partial charge is 0.255 e. The first-order valence-corrected chi connectivity index (χ1v) is 11.9. The Labute approximate surface area is 173 Å². The molecule has 4 heteroatoms. The maximum Gasteiger partial charge on any atom is 0.255 e. The SMILES string of the molecule is O=C(NC12CC3CC(CC(C3)C1)C2)C1c2ccccc2C(=O)N1C1CCCCC1. The summed E-state index contributed by atoms with van der Waals surface area (Å²) in [4.78, 5) is 29.1. The van der Waals surface area contributed by atoms with E-state index < -0.39 is 6.04 Å². The van der Waals surface area contributed by atoms with E-state index in [0.29, 0.717) is 0 Å². The average Bonchev–Trinajstić information content (AvgIpc) is 3.00. The fraction of sp³-hybridized carbons (Fsp3) is 0.680. The Morgan fingerprint density at radius 1 is 0.931 bits per heavy atom. The number of rotatable bonds is 3. The van der Waals surface area contributed by atoms with Crippen molar-refractivity contribution < 1.29 is 9.59 Å². The van der Waals surface area contributed by atoms with Crippen LogP contribution in [0.4, 0.5) is 0 Å². The first-order chi connectivity index (χ1) is 14.1. The minimum atomic E-state index is -0.435. The van der Waals surface area contributed by atoms with Crippen LogP contribution >= 0.6 is 0 Å². The van der Waals surface area contributed by atoms with Gasteiger partial charge in [0.25, 0.3) is 5.91 Å². The standard InChI is InChI=1S/C25H32N2O2/c28-23(26-25-13-16-10-17(14-25)12-18(11-16)15-25)22-20-8-4-5-9-21(20)24(29)27(22)19-6-2-1-3-7-19/h4-5,8-9,16-19,22H,1-3,6-7,10-15H2,(H,26,28). The number of carbonyl (C=O) groups is 2. The molecule has 2 amide bonds. The zero-order chi connectivity index (χ0) is 19.6. The van der Waals surface area contributed by atoms with Crippen LogP contribution < -0.4 is 5.32 Å². The number of carbonyl (C=O) groups excluding carboxylic acids is 2. The summed E-state index contributed by atoms with van der Waals surface area (Å²) in [6.45, 7) is 0. The van der Waals surface area contributed by atoms with Gasteiger partial charge in [-0.25, -0.2) is 0 Å². The summed E-state index contributed by atoms with van der Waals surface area (Å²) < 4.78 is 0. The Hall–Kier alpha value is -1.84. The van der Waals surface area contributed by atoms with Crippen LogP contribution in [0, 0.1) is 17.8 Å². The van der Waals surface area contributed by atoms with Crippen LogP contribution in [0.1, 0.15) is 92.6 Å². The largest absolute Gasteiger partial charge is 0.349 e. The molecule has 4 bridgehead atoms. The van der Waals surface area contributed by atoms with Crippen LogP contribution in [-0.4, -0.2) is 28.3 Å². The molecule has 0 radical (unpaired) electrons. The maximum absolute atomic E-state index is 13.8. The van der Waals surface area contributed by atoms with E-state index in [-0.39, 0.29) is 23.4 Å². The Bertz CT molecular complexity index is 806. The number of benzene rings is 1. The van der Waals surface area contributed by atoms with E-state index in [0.717, 1.165) is 73.8 Å². The molecular weight excluding hydrogens is 360 g/mol. The third kappa shape index (κ3) is 2.85. The van der Waals surface area contributed by atoms with Crippen LogP contribution in [0.2, 0.25) is 0 Å². The van der Waals surface area contributed by atoms with Gasteiger partial charge in [-0.3, -0.25) is 9.59 Å². The van der Waals surface area contributed by atoms with E-state index in [4.69, 9.17) is 0 Å². The molecule has 1 atom stereocenters. The lowest BCUT2D eigenvalue weighted by Crippen LogP contribution is -2.61. The number of nitrogens with zero attached hydrogens (tertiary/aromatic N) is 1. The number of amides is 2. The minimum Gasteiger partial charge on any atom is -0.349 e. The normalized spacial score (nSPS) is 38.3. The summed E-state index contributed by atoms with van der Waals surface area (Å²) >= 11 is 0. The monoisotopic (exact) mass is 392 g/mol. The van der Waals surface area contributed by atoms with Gasteiger partial charge in [-0.1, -0.05) is 37.5 Å². The molecule has 6 aliphatic rings. The van der Waals surface area contributed by atoms with E-state index in [1.165, 1.54) is 25.7 Å². The highest BCUT2D eigenvalue weighted by Gasteiger charge is 2.53. The number of hydrogen-bond acceptors (Lipinski definition) is 2. The summed E-state index contributed by atoms with van der Waals surface area (Å²) in [5, 5.41) is 3.56. The van der Waals surface area contributed by atoms with Gasteiger partial charge < -0.3 is 10.2 Å². The molecule has 0 saturated heterocycles. The molecule has 1 aromatic rings. The molecule has 1 aromatic carbocycles. The Morgan fingerprint density at radius 3 is 2.21 bits per heavy atom. The van der Waals surface area contributed by atoms with Crippen molar-refractivity contribution in [2.24, 2.45) is 17.8 Å². The van der Waals surface area contributed by atoms with Crippen molar-refractivity contribution >= 4 is 11.8 Å². The summed E-state index contributed by atoms with van der Waals surface area (Å²) in [6.07, 6.45) is 13.2. The van der Waals surface area contributed by atoms with Crippen molar-refractivity contribution in [1.82, 2.24) is 10.2 Å². The van der Waals surface area contributed by atoms with Gasteiger partial charge in [0.15, 0.2) is 0 Å². The van der Waals surface area contributed by atoms with Gasteiger partial charge in [-0.15, -0.1) is 0 Å². The minimum absolute atomic E-state index is 0.00928. The Balaban J connectivity index is 1.31. The second kappa shape index (κ2) is 6.58. The zero-order valence-corrected chi connectivity index (χ0v) is 17.2. The van der Waals surface area contributed by atoms with E-state index in [1.54, 1.807) is 0 Å². The van der Waals surface area contributed by atoms with Gasteiger partial charge in [0.1, 0.15) is 6.04 Å². The predicted molar refractivity (Wildman–Crippen MR) is 111 cm³/mol. The summed E-state index contributed by atoms with van der Waals surface area (Å²) in [6, 6.07) is 7.58. The molecule has 1 N–H and O–H groups in total. The molecule has 0 spiro atoms. The van der Waals surface area contributed by atoms with Crippen LogP contribution in [0.15, 0.2) is 24.3 Å². The Morgan fingerprint density at radius 2 is 1.55 bits per heavy atom. The molecule has 1 heterocycles. The van der Waals surface area contributed by atoms with E-state index >= 15 is 0 Å². The Kier molecular flexibility index (Phi) is 4.08. The van der Waals surface area contributed by atoms with E-state index in [2.05, 4.69) is 5.32 Å². The van der Waals surface area contributed by atoms with Crippen molar-refractivity contribution in [3.8, 4) is 0 Å². The van der Waals surface area contributed by atoms with Crippen molar-refractivity contribution in [1.29, 1.82) is 0 Å². The quantitative estimate of drug-likeness (QED) is 0.817. The first kappa shape index (κ1) is 18.0. The summed E-state index contributed by atoms with van der Waals surface area (Å²) in [5.41, 5.74) is 1.65. The van der Waals surface area contributed by atoms with Crippen molar-refractivity contribution in [2.75, 3.05) is 0 Å². The van der Waals surface area contributed by atoms with E-state index in [1.807, 2.05) is 29.2 Å². The highest BCUT2D eigenvalue weighted by molar-refractivity contribution is 6.05. The third-order valence-electron chi connectivity index (χ3n) is 8.64. The fourth-order valence-corrected chi connectivity index (χ4v) is 7.93. The topological polar surface area (TPSA) is 49.4 Å². The molecule has 0 aromatic heterocycles. The van der Waals surface area contributed by atoms with E-state index in [9.17, 15) is 9.59 Å². The van der Waals surface area contributed by atoms with Gasteiger partial charge in [0.05, 0.1) is 0 Å². The molecule has 7 rings (SSSR count). The summed E-state index contributed by atoms with van der Waals surface area (Å²) in [5.74, 6) is 2.55. The fourth-order valence-electron chi connectivity index (χ4n) is 7.93. The van der Waals surface area contributed by atoms with Crippen LogP contribution in [0.25, 0.3) is 0 Å². The van der Waals surface area contributed by atoms with Crippen molar-refractivity contribution in [2.45, 2.75) is 88.3 Å². The molecule has 1 unspecified atom stereocenters. The lowest BCUT2D eigenvalue weighted by Gasteiger charge is -2.57. The molecule has 5 saturated carbocycles. The lowest BCUT2D eigenvalue weighted by molar-refractivity contribution is -0.132. The van der Waals surface area contributed by atoms with Gasteiger partial charge in [0.2, 0.25) is 5.91 Å². The first-order valence-electron chi connectivity index (χ1n) is 11.9. The maximum atomic E-state index is 13.8. The molecule has 1 aliphatic heterocycles. The van der Waals surface area contributed by atoms with Crippen LogP contribution in [0.5, 0.6) is 0 Å². The van der Waals surface area contributed by atoms with Gasteiger partial charge in [-0.2, -0.15) is 0 Å². The molecule has 5 aliphatic carbocycles. The predicted octanol–water partition coefficient (Wildman–Crippen LogP) is 4.60. The third-order valence-corrected chi connectivity index (χ3v) is 8.64. The highest BCUT2D eigenvalue weighted by Crippen LogP contribution is 2.56. The van der Waals surface area contributed by atoms with Gasteiger partial charge >= 0.3 is 0 Å². The van der Waals surface area contributed by atoms with Gasteiger partial charge in [0, 0.05) is 17.1 Å². The van der Waals surface area contributed by atoms with Crippen LogP contribution in [0.3, 0.4) is 0 Å². The highest BCUT2D eigenvalue weighted by atomic mass is 16.2. The second-order valence-corrected chi connectivity index (χ2v) is 10.7. The molecule has 154 valence electrons. The van der Waals surface area contributed by atoms with Crippen LogP contribution in [-0.2, 0) is 4.79 Å².